The van der Waals surface area contributed by atoms with Crippen molar-refractivity contribution in [3.63, 3.8) is 0 Å². The van der Waals surface area contributed by atoms with Crippen molar-refractivity contribution in [3.8, 4) is 5.75 Å². The number of anilines is 1. The monoisotopic (exact) mass is 386 g/mol. The number of fused-ring (bicyclic) bond motifs is 2. The number of likely N-dealkylation sites (tertiary alicyclic amines) is 1. The van der Waals surface area contributed by atoms with E-state index in [1.54, 1.807) is 6.07 Å². The molecule has 28 heavy (non-hydrogen) atoms. The standard InChI is InChI=1S/C22H30N2O4/c1-5-28-17-10-7-6-9-16(17)23-18(25)11-8-14-24-19(26)15-12-13-22(4,20(24)27)21(15,2)3/h6-7,9-10,15H,5,8,11-14H2,1-4H3,(H,23,25). The van der Waals surface area contributed by atoms with Crippen molar-refractivity contribution in [1.29, 1.82) is 0 Å². The summed E-state index contributed by atoms with van der Waals surface area (Å²) in [5, 5.41) is 2.85. The summed E-state index contributed by atoms with van der Waals surface area (Å²) in [4.78, 5) is 39.5. The van der Waals surface area contributed by atoms with Gasteiger partial charge in [-0.25, -0.2) is 0 Å². The Hall–Kier alpha value is -2.37. The fraction of sp³-hybridized carbons (Fsp3) is 0.591. The molecule has 1 aromatic carbocycles. The van der Waals surface area contributed by atoms with E-state index in [0.29, 0.717) is 31.0 Å². The van der Waals surface area contributed by atoms with Crippen LogP contribution in [0.15, 0.2) is 24.3 Å². The van der Waals surface area contributed by atoms with Crippen molar-refractivity contribution in [1.82, 2.24) is 4.90 Å². The van der Waals surface area contributed by atoms with E-state index in [4.69, 9.17) is 4.74 Å². The van der Waals surface area contributed by atoms with Crippen molar-refractivity contribution >= 4 is 23.4 Å². The number of piperidine rings is 1. The van der Waals surface area contributed by atoms with Crippen LogP contribution in [0.2, 0.25) is 0 Å². The van der Waals surface area contributed by atoms with Crippen LogP contribution in [0.1, 0.15) is 53.4 Å². The third-order valence-corrected chi connectivity index (χ3v) is 6.75. The maximum atomic E-state index is 13.0. The molecule has 2 unspecified atom stereocenters. The van der Waals surface area contributed by atoms with Crippen LogP contribution in [0.4, 0.5) is 5.69 Å². The van der Waals surface area contributed by atoms with Crippen LogP contribution in [-0.2, 0) is 14.4 Å². The fourth-order valence-corrected chi connectivity index (χ4v) is 4.57. The highest BCUT2D eigenvalue weighted by atomic mass is 16.5. The Labute approximate surface area is 166 Å². The molecule has 0 spiro atoms. The van der Waals surface area contributed by atoms with Gasteiger partial charge in [-0.05, 0) is 43.7 Å². The molecule has 1 saturated carbocycles. The SMILES string of the molecule is CCOc1ccccc1NC(=O)CCCN1C(=O)C2CCC(C)(C1=O)C2(C)C. The number of nitrogens with one attached hydrogen (secondary N) is 1. The van der Waals surface area contributed by atoms with Crippen molar-refractivity contribution in [2.24, 2.45) is 16.7 Å². The number of imide groups is 1. The van der Waals surface area contributed by atoms with Gasteiger partial charge < -0.3 is 10.1 Å². The minimum atomic E-state index is -0.496. The molecule has 2 fully saturated rings. The molecule has 1 aliphatic heterocycles. The molecular formula is C22H30N2O4. The zero-order valence-electron chi connectivity index (χ0n) is 17.2. The smallest absolute Gasteiger partial charge is 0.235 e. The highest BCUT2D eigenvalue weighted by Crippen LogP contribution is 2.60. The van der Waals surface area contributed by atoms with E-state index in [1.807, 2.05) is 45.9 Å². The van der Waals surface area contributed by atoms with Crippen molar-refractivity contribution in [2.45, 2.75) is 53.4 Å². The van der Waals surface area contributed by atoms with E-state index in [0.717, 1.165) is 12.8 Å². The second-order valence-corrected chi connectivity index (χ2v) is 8.52. The molecule has 1 saturated heterocycles. The number of carbonyl (C=O) groups is 3. The van der Waals surface area contributed by atoms with E-state index < -0.39 is 5.41 Å². The number of hydrogen-bond acceptors (Lipinski definition) is 4. The number of para-hydroxylation sites is 2. The molecule has 1 aliphatic carbocycles. The minimum absolute atomic E-state index is 0.0768. The molecule has 3 amide bonds. The molecule has 3 rings (SSSR count). The third-order valence-electron chi connectivity index (χ3n) is 6.75. The van der Waals surface area contributed by atoms with Crippen LogP contribution in [0.5, 0.6) is 5.75 Å². The number of rotatable bonds is 7. The van der Waals surface area contributed by atoms with Gasteiger partial charge in [0.2, 0.25) is 17.7 Å². The average Bonchev–Trinajstić information content (AvgIpc) is 2.84. The lowest BCUT2D eigenvalue weighted by Crippen LogP contribution is -2.59. The highest BCUT2D eigenvalue weighted by molar-refractivity contribution is 6.03. The van der Waals surface area contributed by atoms with Crippen LogP contribution in [0.25, 0.3) is 0 Å². The summed E-state index contributed by atoms with van der Waals surface area (Å²) in [7, 11) is 0. The quantitative estimate of drug-likeness (QED) is 0.726. The van der Waals surface area contributed by atoms with E-state index in [-0.39, 0.29) is 35.5 Å². The van der Waals surface area contributed by atoms with Crippen molar-refractivity contribution in [3.05, 3.63) is 24.3 Å². The first-order valence-corrected chi connectivity index (χ1v) is 10.1. The largest absolute Gasteiger partial charge is 0.492 e. The fourth-order valence-electron chi connectivity index (χ4n) is 4.57. The first kappa shape index (κ1) is 20.4. The lowest BCUT2D eigenvalue weighted by atomic mass is 9.62. The second kappa shape index (κ2) is 7.57. The van der Waals surface area contributed by atoms with Crippen LogP contribution in [0.3, 0.4) is 0 Å². The zero-order chi connectivity index (χ0) is 20.5. The molecule has 6 heteroatoms. The lowest BCUT2D eigenvalue weighted by molar-refractivity contribution is -0.168. The molecule has 2 aliphatic rings. The van der Waals surface area contributed by atoms with Gasteiger partial charge in [-0.2, -0.15) is 0 Å². The van der Waals surface area contributed by atoms with Gasteiger partial charge in [0.15, 0.2) is 0 Å². The van der Waals surface area contributed by atoms with Gasteiger partial charge in [0.1, 0.15) is 5.75 Å². The van der Waals surface area contributed by atoms with Gasteiger partial charge in [-0.3, -0.25) is 19.3 Å². The Morgan fingerprint density at radius 1 is 1.25 bits per heavy atom. The van der Waals surface area contributed by atoms with Gasteiger partial charge in [-0.1, -0.05) is 32.9 Å². The molecule has 152 valence electrons. The van der Waals surface area contributed by atoms with Gasteiger partial charge in [0.05, 0.1) is 17.7 Å². The Morgan fingerprint density at radius 2 is 1.96 bits per heavy atom. The topological polar surface area (TPSA) is 75.7 Å². The minimum Gasteiger partial charge on any atom is -0.492 e. The Bertz CT molecular complexity index is 788. The molecule has 1 heterocycles. The maximum Gasteiger partial charge on any atom is 0.235 e. The highest BCUT2D eigenvalue weighted by Gasteiger charge is 2.64. The Balaban J connectivity index is 1.58. The second-order valence-electron chi connectivity index (χ2n) is 8.52. The number of benzene rings is 1. The molecular weight excluding hydrogens is 356 g/mol. The van der Waals surface area contributed by atoms with Gasteiger partial charge in [0, 0.05) is 18.9 Å². The summed E-state index contributed by atoms with van der Waals surface area (Å²) in [6.45, 7) is 8.73. The number of ether oxygens (including phenoxy) is 1. The number of hydrogen-bond donors (Lipinski definition) is 1. The summed E-state index contributed by atoms with van der Waals surface area (Å²) in [6, 6.07) is 7.29. The zero-order valence-corrected chi connectivity index (χ0v) is 17.2. The molecule has 6 nitrogen and oxygen atoms in total. The first-order chi connectivity index (χ1) is 13.2. The Kier molecular flexibility index (Phi) is 5.50. The molecule has 1 N–H and O–H groups in total. The van der Waals surface area contributed by atoms with E-state index >= 15 is 0 Å². The normalized spacial score (nSPS) is 25.7. The number of carbonyl (C=O) groups excluding carboxylic acids is 3. The molecule has 2 atom stereocenters. The van der Waals surface area contributed by atoms with Crippen LogP contribution in [0, 0.1) is 16.7 Å². The van der Waals surface area contributed by atoms with Crippen LogP contribution in [-0.4, -0.2) is 35.8 Å². The van der Waals surface area contributed by atoms with Crippen molar-refractivity contribution < 1.29 is 19.1 Å². The van der Waals surface area contributed by atoms with Gasteiger partial charge in [-0.15, -0.1) is 0 Å². The van der Waals surface area contributed by atoms with Gasteiger partial charge >= 0.3 is 0 Å². The lowest BCUT2D eigenvalue weighted by Gasteiger charge is -2.47. The summed E-state index contributed by atoms with van der Waals surface area (Å²) < 4.78 is 5.51. The first-order valence-electron chi connectivity index (χ1n) is 10.1. The number of nitrogens with zero attached hydrogens (tertiary/aromatic N) is 1. The predicted octanol–water partition coefficient (Wildman–Crippen LogP) is 3.62. The molecule has 2 bridgehead atoms. The molecule has 0 radical (unpaired) electrons. The number of amides is 3. The predicted molar refractivity (Wildman–Crippen MR) is 107 cm³/mol. The third kappa shape index (κ3) is 3.29. The summed E-state index contributed by atoms with van der Waals surface area (Å²) >= 11 is 0. The van der Waals surface area contributed by atoms with Crippen LogP contribution >= 0.6 is 0 Å². The summed E-state index contributed by atoms with van der Waals surface area (Å²) in [6.07, 6.45) is 2.20. The average molecular weight is 386 g/mol. The van der Waals surface area contributed by atoms with E-state index in [1.165, 1.54) is 4.90 Å². The molecule has 0 aromatic heterocycles. The Morgan fingerprint density at radius 3 is 2.68 bits per heavy atom. The van der Waals surface area contributed by atoms with E-state index in [2.05, 4.69) is 5.32 Å². The van der Waals surface area contributed by atoms with Gasteiger partial charge in [0.25, 0.3) is 0 Å². The van der Waals surface area contributed by atoms with Crippen molar-refractivity contribution in [2.75, 3.05) is 18.5 Å². The van der Waals surface area contributed by atoms with E-state index in [9.17, 15) is 14.4 Å². The maximum absolute atomic E-state index is 13.0. The summed E-state index contributed by atoms with van der Waals surface area (Å²) in [5.74, 6) is 0.206. The molecule has 1 aromatic rings. The summed E-state index contributed by atoms with van der Waals surface area (Å²) in [5.41, 5.74) is -0.172. The van der Waals surface area contributed by atoms with Crippen LogP contribution < -0.4 is 10.1 Å².